The fourth-order valence-electron chi connectivity index (χ4n) is 3.71. The van der Waals surface area contributed by atoms with Gasteiger partial charge in [-0.05, 0) is 54.5 Å². The van der Waals surface area contributed by atoms with Crippen molar-refractivity contribution in [3.63, 3.8) is 0 Å². The maximum atomic E-state index is 13.2. The summed E-state index contributed by atoms with van der Waals surface area (Å²) >= 11 is 5.50. The van der Waals surface area contributed by atoms with Gasteiger partial charge in [0.1, 0.15) is 6.04 Å². The largest absolute Gasteiger partial charge is 0.493 e. The van der Waals surface area contributed by atoms with E-state index in [2.05, 4.69) is 5.32 Å². The van der Waals surface area contributed by atoms with Crippen molar-refractivity contribution in [3.8, 4) is 11.5 Å². The lowest BCUT2D eigenvalue weighted by Gasteiger charge is -2.24. The first kappa shape index (κ1) is 25.3. The van der Waals surface area contributed by atoms with Gasteiger partial charge in [-0.3, -0.25) is 14.5 Å². The maximum absolute atomic E-state index is 13.2. The van der Waals surface area contributed by atoms with E-state index < -0.39 is 23.7 Å². The second-order valence-corrected chi connectivity index (χ2v) is 7.90. The summed E-state index contributed by atoms with van der Waals surface area (Å²) in [4.78, 5) is 28.0. The third kappa shape index (κ3) is 5.24. The van der Waals surface area contributed by atoms with Crippen LogP contribution in [0.4, 0.5) is 18.9 Å². The molecule has 1 saturated heterocycles. The van der Waals surface area contributed by atoms with Crippen LogP contribution >= 0.6 is 12.2 Å². The first-order valence-electron chi connectivity index (χ1n) is 10.3. The van der Waals surface area contributed by atoms with Gasteiger partial charge in [-0.1, -0.05) is 12.1 Å². The Morgan fingerprint density at radius 3 is 2.44 bits per heavy atom. The quantitative estimate of drug-likeness (QED) is 0.566. The molecule has 0 aliphatic carbocycles. The fraction of sp³-hybridized carbons (Fsp3) is 0.348. The molecule has 0 saturated carbocycles. The molecule has 1 fully saturated rings. The minimum Gasteiger partial charge on any atom is -0.493 e. The molecule has 2 aromatic carbocycles. The highest BCUT2D eigenvalue weighted by atomic mass is 32.1. The molecule has 1 aliphatic heterocycles. The molecule has 1 aliphatic rings. The number of hydrogen-bond donors (Lipinski definition) is 1. The van der Waals surface area contributed by atoms with Crippen LogP contribution in [0.2, 0.25) is 0 Å². The number of benzene rings is 2. The first-order valence-corrected chi connectivity index (χ1v) is 10.7. The Morgan fingerprint density at radius 2 is 1.82 bits per heavy atom. The van der Waals surface area contributed by atoms with Crippen LogP contribution in [0.25, 0.3) is 0 Å². The average molecular weight is 496 g/mol. The van der Waals surface area contributed by atoms with Crippen LogP contribution in [-0.4, -0.2) is 55.7 Å². The number of nitrogens with one attached hydrogen (secondary N) is 1. The van der Waals surface area contributed by atoms with Gasteiger partial charge in [0.2, 0.25) is 5.91 Å². The van der Waals surface area contributed by atoms with E-state index in [1.165, 1.54) is 33.4 Å². The Morgan fingerprint density at radius 1 is 1.12 bits per heavy atom. The van der Waals surface area contributed by atoms with Crippen LogP contribution in [-0.2, 0) is 22.2 Å². The second kappa shape index (κ2) is 10.3. The normalized spacial score (nSPS) is 16.1. The summed E-state index contributed by atoms with van der Waals surface area (Å²) in [5.41, 5.74) is -0.0308. The van der Waals surface area contributed by atoms with Crippen molar-refractivity contribution in [1.29, 1.82) is 0 Å². The van der Waals surface area contributed by atoms with Crippen molar-refractivity contribution < 1.29 is 32.2 Å². The zero-order valence-electron chi connectivity index (χ0n) is 18.8. The SMILES string of the molecule is CNC(=O)C[C@@H]1C(=O)N(c2cccc(C(F)(F)F)c2)C(=S)N1CCc1ccc(OC)c(OC)c1. The summed E-state index contributed by atoms with van der Waals surface area (Å²) in [6, 6.07) is 8.82. The number of halogens is 3. The van der Waals surface area contributed by atoms with Crippen LogP contribution in [0, 0.1) is 0 Å². The van der Waals surface area contributed by atoms with E-state index in [-0.39, 0.29) is 29.7 Å². The highest BCUT2D eigenvalue weighted by Crippen LogP contribution is 2.34. The van der Waals surface area contributed by atoms with Crippen molar-refractivity contribution in [2.24, 2.45) is 0 Å². The number of ether oxygens (including phenoxy) is 2. The third-order valence-corrected chi connectivity index (χ3v) is 5.91. The van der Waals surface area contributed by atoms with Gasteiger partial charge in [-0.25, -0.2) is 0 Å². The van der Waals surface area contributed by atoms with E-state index in [1.807, 2.05) is 6.07 Å². The van der Waals surface area contributed by atoms with Gasteiger partial charge in [0.05, 0.1) is 31.9 Å². The smallest absolute Gasteiger partial charge is 0.416 e. The van der Waals surface area contributed by atoms with Gasteiger partial charge < -0.3 is 19.7 Å². The molecule has 11 heteroatoms. The number of nitrogens with zero attached hydrogens (tertiary/aromatic N) is 2. The number of methoxy groups -OCH3 is 2. The molecule has 1 atom stereocenters. The monoisotopic (exact) mass is 495 g/mol. The van der Waals surface area contributed by atoms with Crippen LogP contribution in [0.15, 0.2) is 42.5 Å². The zero-order valence-corrected chi connectivity index (χ0v) is 19.6. The van der Waals surface area contributed by atoms with E-state index in [4.69, 9.17) is 21.7 Å². The summed E-state index contributed by atoms with van der Waals surface area (Å²) < 4.78 is 50.2. The van der Waals surface area contributed by atoms with Crippen molar-refractivity contribution >= 4 is 34.8 Å². The van der Waals surface area contributed by atoms with Crippen molar-refractivity contribution in [3.05, 3.63) is 53.6 Å². The highest BCUT2D eigenvalue weighted by Gasteiger charge is 2.44. The lowest BCUT2D eigenvalue weighted by molar-refractivity contribution is -0.137. The van der Waals surface area contributed by atoms with Gasteiger partial charge >= 0.3 is 6.18 Å². The van der Waals surface area contributed by atoms with Crippen molar-refractivity contribution in [2.45, 2.75) is 25.1 Å². The lowest BCUT2D eigenvalue weighted by Crippen LogP contribution is -2.39. The van der Waals surface area contributed by atoms with Crippen LogP contribution < -0.4 is 19.7 Å². The molecule has 0 spiro atoms. The van der Waals surface area contributed by atoms with Crippen molar-refractivity contribution in [2.75, 3.05) is 32.7 Å². The number of carbonyl (C=O) groups excluding carboxylic acids is 2. The van der Waals surface area contributed by atoms with E-state index in [1.54, 1.807) is 17.0 Å². The number of amides is 2. The maximum Gasteiger partial charge on any atom is 0.416 e. The minimum atomic E-state index is -4.57. The predicted octanol–water partition coefficient (Wildman–Crippen LogP) is 3.40. The molecule has 1 N–H and O–H groups in total. The van der Waals surface area contributed by atoms with Gasteiger partial charge in [0.25, 0.3) is 5.91 Å². The van der Waals surface area contributed by atoms with E-state index in [9.17, 15) is 22.8 Å². The number of thiocarbonyl (C=S) groups is 1. The average Bonchev–Trinajstić information content (AvgIpc) is 3.05. The molecule has 0 radical (unpaired) electrons. The Bertz CT molecular complexity index is 1090. The number of anilines is 1. The first-order chi connectivity index (χ1) is 16.1. The Hall–Kier alpha value is -3.34. The summed E-state index contributed by atoms with van der Waals surface area (Å²) in [6.07, 6.45) is -4.32. The minimum absolute atomic E-state index is 0.000323. The number of rotatable bonds is 8. The Kier molecular flexibility index (Phi) is 7.65. The fourth-order valence-corrected chi connectivity index (χ4v) is 4.12. The predicted molar refractivity (Wildman–Crippen MR) is 124 cm³/mol. The number of carbonyl (C=O) groups is 2. The summed E-state index contributed by atoms with van der Waals surface area (Å²) in [7, 11) is 4.48. The van der Waals surface area contributed by atoms with Gasteiger partial charge in [-0.15, -0.1) is 0 Å². The van der Waals surface area contributed by atoms with Crippen LogP contribution in [0.1, 0.15) is 17.5 Å². The summed E-state index contributed by atoms with van der Waals surface area (Å²) in [5, 5.41) is 2.51. The molecular weight excluding hydrogens is 471 g/mol. The molecule has 1 heterocycles. The van der Waals surface area contributed by atoms with E-state index in [0.717, 1.165) is 22.6 Å². The molecular formula is C23H24F3N3O4S. The molecule has 0 unspecified atom stereocenters. The Labute approximate surface area is 200 Å². The second-order valence-electron chi connectivity index (χ2n) is 7.53. The van der Waals surface area contributed by atoms with Gasteiger partial charge in [0.15, 0.2) is 16.6 Å². The summed E-state index contributed by atoms with van der Waals surface area (Å²) in [6.45, 7) is 0.261. The van der Waals surface area contributed by atoms with Crippen molar-refractivity contribution in [1.82, 2.24) is 10.2 Å². The lowest BCUT2D eigenvalue weighted by atomic mass is 10.1. The molecule has 0 bridgehead atoms. The molecule has 0 aromatic heterocycles. The van der Waals surface area contributed by atoms with Crippen LogP contribution in [0.3, 0.4) is 0 Å². The molecule has 3 rings (SSSR count). The Balaban J connectivity index is 1.90. The van der Waals surface area contributed by atoms with E-state index >= 15 is 0 Å². The molecule has 2 aromatic rings. The van der Waals surface area contributed by atoms with Crippen LogP contribution in [0.5, 0.6) is 11.5 Å². The topological polar surface area (TPSA) is 71.1 Å². The number of alkyl halides is 3. The van der Waals surface area contributed by atoms with Gasteiger partial charge in [-0.2, -0.15) is 13.2 Å². The number of hydrogen-bond acceptors (Lipinski definition) is 5. The molecule has 2 amide bonds. The molecule has 34 heavy (non-hydrogen) atoms. The summed E-state index contributed by atoms with van der Waals surface area (Å²) in [5.74, 6) is 0.155. The third-order valence-electron chi connectivity index (χ3n) is 5.50. The molecule has 7 nitrogen and oxygen atoms in total. The van der Waals surface area contributed by atoms with E-state index in [0.29, 0.717) is 17.9 Å². The highest BCUT2D eigenvalue weighted by molar-refractivity contribution is 7.80. The van der Waals surface area contributed by atoms with Gasteiger partial charge in [0, 0.05) is 13.6 Å². The standard InChI is InChI=1S/C23H24F3N3O4S/c1-27-20(30)13-17-21(31)29(16-6-4-5-15(12-16)23(24,25)26)22(34)28(17)10-9-14-7-8-18(32-2)19(11-14)33-3/h4-8,11-12,17H,9-10,13H2,1-3H3,(H,27,30)/t17-/m1/s1. The molecule has 182 valence electrons. The zero-order chi connectivity index (χ0) is 25.0.